The molecular formula is C16H29N3O2. The van der Waals surface area contributed by atoms with Gasteiger partial charge in [0.1, 0.15) is 5.60 Å². The zero-order chi connectivity index (χ0) is 15.3. The van der Waals surface area contributed by atoms with E-state index in [4.69, 9.17) is 20.0 Å². The monoisotopic (exact) mass is 295 g/mol. The van der Waals surface area contributed by atoms with Crippen molar-refractivity contribution in [3.63, 3.8) is 0 Å². The molecular weight excluding hydrogens is 266 g/mol. The largest absolute Gasteiger partial charge is 0.370 e. The van der Waals surface area contributed by atoms with Crippen LogP contribution in [0.1, 0.15) is 76.9 Å². The third-order valence-corrected chi connectivity index (χ3v) is 5.33. The van der Waals surface area contributed by atoms with Gasteiger partial charge < -0.3 is 15.0 Å². The lowest BCUT2D eigenvalue weighted by molar-refractivity contribution is -0.0365. The normalized spacial score (nSPS) is 19.4. The minimum atomic E-state index is -0.375. The Hall–Kier alpha value is -0.940. The van der Waals surface area contributed by atoms with Gasteiger partial charge in [0.25, 0.3) is 0 Å². The first-order valence-corrected chi connectivity index (χ1v) is 8.26. The third kappa shape index (κ3) is 2.99. The third-order valence-electron chi connectivity index (χ3n) is 5.33. The molecule has 0 spiro atoms. The maximum Gasteiger partial charge on any atom is 0.234 e. The Morgan fingerprint density at radius 2 is 1.81 bits per heavy atom. The number of nitrogens with two attached hydrogens (primary N) is 1. The highest BCUT2D eigenvalue weighted by atomic mass is 16.5. The van der Waals surface area contributed by atoms with Crippen LogP contribution in [0, 0.1) is 0 Å². The second kappa shape index (κ2) is 6.88. The summed E-state index contributed by atoms with van der Waals surface area (Å²) in [5, 5.41) is 4.27. The number of ether oxygens (including phenoxy) is 1. The van der Waals surface area contributed by atoms with Gasteiger partial charge in [-0.1, -0.05) is 44.7 Å². The fourth-order valence-corrected chi connectivity index (χ4v) is 3.37. The molecule has 0 unspecified atom stereocenters. The number of rotatable bonds is 6. The predicted octanol–water partition coefficient (Wildman–Crippen LogP) is 3.28. The van der Waals surface area contributed by atoms with Crippen molar-refractivity contribution in [3.8, 4) is 0 Å². The van der Waals surface area contributed by atoms with Crippen LogP contribution in [0.3, 0.4) is 0 Å². The van der Waals surface area contributed by atoms with Crippen molar-refractivity contribution in [2.75, 3.05) is 13.7 Å². The smallest absolute Gasteiger partial charge is 0.234 e. The summed E-state index contributed by atoms with van der Waals surface area (Å²) >= 11 is 0. The van der Waals surface area contributed by atoms with E-state index in [-0.39, 0.29) is 11.0 Å². The molecule has 1 aliphatic rings. The fourth-order valence-electron chi connectivity index (χ4n) is 3.37. The Kier molecular flexibility index (Phi) is 5.38. The molecule has 0 radical (unpaired) electrons. The highest BCUT2D eigenvalue weighted by molar-refractivity contribution is 5.10. The van der Waals surface area contributed by atoms with E-state index < -0.39 is 0 Å². The fraction of sp³-hybridized carbons (Fsp3) is 0.875. The topological polar surface area (TPSA) is 74.2 Å². The summed E-state index contributed by atoms with van der Waals surface area (Å²) in [6.45, 7) is 4.78. The summed E-state index contributed by atoms with van der Waals surface area (Å²) in [4.78, 5) is 4.72. The van der Waals surface area contributed by atoms with Crippen LogP contribution in [0.5, 0.6) is 0 Å². The molecule has 0 aromatic carbocycles. The van der Waals surface area contributed by atoms with Gasteiger partial charge in [0.2, 0.25) is 11.7 Å². The van der Waals surface area contributed by atoms with E-state index in [1.165, 1.54) is 12.8 Å². The second-order valence-electron chi connectivity index (χ2n) is 6.23. The van der Waals surface area contributed by atoms with Crippen molar-refractivity contribution < 1.29 is 9.26 Å². The lowest BCUT2D eigenvalue weighted by Gasteiger charge is -2.28. The molecule has 0 amide bonds. The number of nitrogens with zero attached hydrogens (tertiary/aromatic N) is 2. The van der Waals surface area contributed by atoms with Gasteiger partial charge >= 0.3 is 0 Å². The molecule has 1 heterocycles. The second-order valence-corrected chi connectivity index (χ2v) is 6.23. The van der Waals surface area contributed by atoms with Crippen molar-refractivity contribution in [2.24, 2.45) is 5.73 Å². The zero-order valence-electron chi connectivity index (χ0n) is 13.7. The maximum atomic E-state index is 5.98. The van der Waals surface area contributed by atoms with Crippen LogP contribution in [0.15, 0.2) is 4.52 Å². The average Bonchev–Trinajstić information content (AvgIpc) is 2.90. The van der Waals surface area contributed by atoms with E-state index in [0.29, 0.717) is 18.3 Å². The molecule has 1 saturated carbocycles. The van der Waals surface area contributed by atoms with Crippen LogP contribution < -0.4 is 5.73 Å². The molecule has 2 rings (SSSR count). The Balaban J connectivity index is 2.32. The zero-order valence-corrected chi connectivity index (χ0v) is 13.7. The van der Waals surface area contributed by atoms with Gasteiger partial charge in [-0.05, 0) is 25.7 Å². The molecule has 21 heavy (non-hydrogen) atoms. The van der Waals surface area contributed by atoms with Gasteiger partial charge in [0, 0.05) is 13.7 Å². The van der Waals surface area contributed by atoms with Gasteiger partial charge in [-0.3, -0.25) is 0 Å². The molecule has 5 heteroatoms. The first-order chi connectivity index (χ1) is 10.2. The molecule has 1 aromatic rings. The molecule has 0 aliphatic heterocycles. The first kappa shape index (κ1) is 16.4. The first-order valence-electron chi connectivity index (χ1n) is 8.26. The maximum absolute atomic E-state index is 5.98. The molecule has 1 fully saturated rings. The predicted molar refractivity (Wildman–Crippen MR) is 82.0 cm³/mol. The van der Waals surface area contributed by atoms with Crippen LogP contribution in [0.25, 0.3) is 0 Å². The lowest BCUT2D eigenvalue weighted by Crippen LogP contribution is -2.35. The lowest BCUT2D eigenvalue weighted by atomic mass is 9.82. The molecule has 2 N–H and O–H groups in total. The Morgan fingerprint density at radius 1 is 1.19 bits per heavy atom. The number of hydrogen-bond donors (Lipinski definition) is 1. The summed E-state index contributed by atoms with van der Waals surface area (Å²) < 4.78 is 11.5. The quantitative estimate of drug-likeness (QED) is 0.815. The molecule has 1 aliphatic carbocycles. The highest BCUT2D eigenvalue weighted by Gasteiger charge is 2.40. The Bertz CT molecular complexity index is 424. The van der Waals surface area contributed by atoms with Crippen LogP contribution >= 0.6 is 0 Å². The molecule has 120 valence electrons. The Morgan fingerprint density at radius 3 is 2.29 bits per heavy atom. The SMILES string of the molecule is CCC(CC)(CN)c1nc(C2(OC)CCCCCC2)no1. The summed E-state index contributed by atoms with van der Waals surface area (Å²) in [5.74, 6) is 1.38. The number of hydrogen-bond acceptors (Lipinski definition) is 5. The summed E-state index contributed by atoms with van der Waals surface area (Å²) in [7, 11) is 1.76. The van der Waals surface area contributed by atoms with Gasteiger partial charge in [-0.15, -0.1) is 0 Å². The summed E-state index contributed by atoms with van der Waals surface area (Å²) in [6, 6.07) is 0. The van der Waals surface area contributed by atoms with E-state index in [9.17, 15) is 0 Å². The van der Waals surface area contributed by atoms with Crippen LogP contribution in [-0.2, 0) is 15.8 Å². The molecule has 5 nitrogen and oxygen atoms in total. The van der Waals surface area contributed by atoms with Crippen LogP contribution in [0.4, 0.5) is 0 Å². The minimum Gasteiger partial charge on any atom is -0.370 e. The van der Waals surface area contributed by atoms with Crippen molar-refractivity contribution >= 4 is 0 Å². The molecule has 0 atom stereocenters. The Labute approximate surface area is 127 Å². The van der Waals surface area contributed by atoms with Gasteiger partial charge in [0.15, 0.2) is 0 Å². The van der Waals surface area contributed by atoms with Crippen molar-refractivity contribution in [1.29, 1.82) is 0 Å². The minimum absolute atomic E-state index is 0.203. The molecule has 0 saturated heterocycles. The molecule has 1 aromatic heterocycles. The van der Waals surface area contributed by atoms with Gasteiger partial charge in [0.05, 0.1) is 5.41 Å². The summed E-state index contributed by atoms with van der Waals surface area (Å²) in [5.41, 5.74) is 5.40. The number of methoxy groups -OCH3 is 1. The van der Waals surface area contributed by atoms with E-state index in [1.807, 2.05) is 0 Å². The van der Waals surface area contributed by atoms with Gasteiger partial charge in [-0.25, -0.2) is 0 Å². The van der Waals surface area contributed by atoms with Crippen LogP contribution in [-0.4, -0.2) is 23.8 Å². The van der Waals surface area contributed by atoms with E-state index in [0.717, 1.165) is 38.5 Å². The standard InChI is InChI=1S/C16H29N3O2/c1-4-15(5-2,12-17)14-18-13(19-21-14)16(20-3)10-8-6-7-9-11-16/h4-12,17H2,1-3H3. The van der Waals surface area contributed by atoms with Crippen molar-refractivity contribution in [3.05, 3.63) is 11.7 Å². The molecule has 0 bridgehead atoms. The average molecular weight is 295 g/mol. The number of aromatic nitrogens is 2. The van der Waals surface area contributed by atoms with E-state index in [1.54, 1.807) is 7.11 Å². The van der Waals surface area contributed by atoms with Crippen LogP contribution in [0.2, 0.25) is 0 Å². The highest BCUT2D eigenvalue weighted by Crippen LogP contribution is 2.39. The van der Waals surface area contributed by atoms with Crippen molar-refractivity contribution in [2.45, 2.75) is 76.2 Å². The van der Waals surface area contributed by atoms with Crippen molar-refractivity contribution in [1.82, 2.24) is 10.1 Å². The van der Waals surface area contributed by atoms with E-state index >= 15 is 0 Å². The van der Waals surface area contributed by atoms with E-state index in [2.05, 4.69) is 19.0 Å². The van der Waals surface area contributed by atoms with Gasteiger partial charge in [-0.2, -0.15) is 4.98 Å². The summed E-state index contributed by atoms with van der Waals surface area (Å²) in [6.07, 6.45) is 8.57.